The fraction of sp³-hybridized carbons (Fsp3) is 0.455. The Morgan fingerprint density at radius 3 is 2.26 bits per heavy atom. The van der Waals surface area contributed by atoms with Gasteiger partial charge in [0.05, 0.1) is 29.7 Å². The Morgan fingerprint density at radius 2 is 1.84 bits per heavy atom. The number of nitrogens with zero attached hydrogens (tertiary/aromatic N) is 1. The van der Waals surface area contributed by atoms with Gasteiger partial charge in [-0.05, 0) is 34.1 Å². The Balaban J connectivity index is 3.14. The zero-order chi connectivity index (χ0) is 14.5. The summed E-state index contributed by atoms with van der Waals surface area (Å²) in [6.45, 7) is -0.744. The van der Waals surface area contributed by atoms with Crippen molar-refractivity contribution in [1.82, 2.24) is 4.31 Å². The molecule has 0 spiro atoms. The molecule has 0 amide bonds. The topological polar surface area (TPSA) is 87.1 Å². The molecule has 0 aliphatic rings. The van der Waals surface area contributed by atoms with Crippen LogP contribution in [0.3, 0.4) is 0 Å². The maximum Gasteiger partial charge on any atom is 0.243 e. The molecule has 1 rings (SSSR count). The minimum Gasteiger partial charge on any atom is -0.496 e. The average Bonchev–Trinajstić information content (AvgIpc) is 2.38. The molecule has 2 N–H and O–H groups in total. The number of methoxy groups -OCH3 is 1. The summed E-state index contributed by atoms with van der Waals surface area (Å²) in [6.07, 6.45) is 0. The largest absolute Gasteiger partial charge is 0.496 e. The number of hydrogen-bond acceptors (Lipinski definition) is 5. The molecular formula is C11H16BrNO5S. The van der Waals surface area contributed by atoms with Crippen LogP contribution in [0.25, 0.3) is 0 Å². The van der Waals surface area contributed by atoms with Crippen LogP contribution in [0.1, 0.15) is 0 Å². The van der Waals surface area contributed by atoms with E-state index in [-0.39, 0.29) is 31.2 Å². The number of hydrogen-bond donors (Lipinski definition) is 2. The summed E-state index contributed by atoms with van der Waals surface area (Å²) in [7, 11) is -2.26. The summed E-state index contributed by atoms with van der Waals surface area (Å²) >= 11 is 3.22. The highest BCUT2D eigenvalue weighted by molar-refractivity contribution is 9.10. The Hall–Kier alpha value is -0.670. The molecule has 0 unspecified atom stereocenters. The van der Waals surface area contributed by atoms with Crippen molar-refractivity contribution in [1.29, 1.82) is 0 Å². The van der Waals surface area contributed by atoms with Crippen LogP contribution in [0, 0.1) is 0 Å². The number of benzene rings is 1. The van der Waals surface area contributed by atoms with Gasteiger partial charge < -0.3 is 14.9 Å². The monoisotopic (exact) mass is 353 g/mol. The van der Waals surface area contributed by atoms with E-state index in [2.05, 4.69) is 15.9 Å². The molecular weight excluding hydrogens is 338 g/mol. The van der Waals surface area contributed by atoms with E-state index in [9.17, 15) is 8.42 Å². The highest BCUT2D eigenvalue weighted by Crippen LogP contribution is 2.28. The van der Waals surface area contributed by atoms with Gasteiger partial charge in [-0.15, -0.1) is 0 Å². The molecule has 0 bridgehead atoms. The van der Waals surface area contributed by atoms with Crippen LogP contribution in [-0.4, -0.2) is 56.3 Å². The number of sulfonamides is 1. The van der Waals surface area contributed by atoms with Crippen molar-refractivity contribution in [2.45, 2.75) is 4.90 Å². The van der Waals surface area contributed by atoms with Crippen LogP contribution in [0.4, 0.5) is 0 Å². The van der Waals surface area contributed by atoms with Crippen LogP contribution in [0.15, 0.2) is 27.6 Å². The molecule has 0 heterocycles. The quantitative estimate of drug-likeness (QED) is 0.742. The Bertz CT molecular complexity index is 514. The number of rotatable bonds is 7. The van der Waals surface area contributed by atoms with Gasteiger partial charge in [-0.1, -0.05) is 0 Å². The molecule has 19 heavy (non-hydrogen) atoms. The van der Waals surface area contributed by atoms with Crippen molar-refractivity contribution in [2.75, 3.05) is 33.4 Å². The van der Waals surface area contributed by atoms with Gasteiger partial charge in [0.2, 0.25) is 10.0 Å². The summed E-state index contributed by atoms with van der Waals surface area (Å²) in [5, 5.41) is 17.8. The summed E-state index contributed by atoms with van der Waals surface area (Å²) < 4.78 is 31.2. The highest BCUT2D eigenvalue weighted by atomic mass is 79.9. The van der Waals surface area contributed by atoms with Crippen LogP contribution in [0.5, 0.6) is 5.75 Å². The van der Waals surface area contributed by atoms with Gasteiger partial charge in [-0.25, -0.2) is 8.42 Å². The van der Waals surface area contributed by atoms with E-state index in [1.165, 1.54) is 25.3 Å². The first kappa shape index (κ1) is 16.4. The molecule has 1 aromatic carbocycles. The van der Waals surface area contributed by atoms with E-state index in [0.29, 0.717) is 10.2 Å². The smallest absolute Gasteiger partial charge is 0.243 e. The van der Waals surface area contributed by atoms with Gasteiger partial charge in [0.1, 0.15) is 5.75 Å². The summed E-state index contributed by atoms with van der Waals surface area (Å²) in [5.74, 6) is 0.523. The first-order valence-electron chi connectivity index (χ1n) is 5.52. The molecule has 0 aliphatic heterocycles. The number of aliphatic hydroxyl groups excluding tert-OH is 2. The molecule has 0 aliphatic carbocycles. The minimum atomic E-state index is -3.75. The fourth-order valence-electron chi connectivity index (χ4n) is 1.53. The maximum absolute atomic E-state index is 12.3. The predicted octanol–water partition coefficient (Wildman–Crippen LogP) is 0.433. The number of ether oxygens (including phenoxy) is 1. The van der Waals surface area contributed by atoms with Crippen LogP contribution >= 0.6 is 15.9 Å². The third-order valence-electron chi connectivity index (χ3n) is 2.46. The zero-order valence-electron chi connectivity index (χ0n) is 10.4. The first-order chi connectivity index (χ1) is 8.97. The lowest BCUT2D eigenvalue weighted by molar-refractivity contribution is 0.217. The fourth-order valence-corrected chi connectivity index (χ4v) is 3.67. The Labute approximate surface area is 120 Å². The molecule has 0 atom stereocenters. The van der Waals surface area contributed by atoms with Gasteiger partial charge in [0.15, 0.2) is 0 Å². The minimum absolute atomic E-state index is 0.0630. The molecule has 108 valence electrons. The SMILES string of the molecule is COc1ccc(S(=O)(=O)N(CCO)CCO)cc1Br. The molecule has 8 heteroatoms. The second-order valence-corrected chi connectivity index (χ2v) is 6.44. The second-order valence-electron chi connectivity index (χ2n) is 3.65. The Morgan fingerprint density at radius 1 is 1.26 bits per heavy atom. The lowest BCUT2D eigenvalue weighted by atomic mass is 10.3. The van der Waals surface area contributed by atoms with E-state index < -0.39 is 10.0 Å². The number of halogens is 1. The van der Waals surface area contributed by atoms with Crippen LogP contribution in [-0.2, 0) is 10.0 Å². The first-order valence-corrected chi connectivity index (χ1v) is 7.76. The third-order valence-corrected chi connectivity index (χ3v) is 4.97. The molecule has 0 aromatic heterocycles. The van der Waals surface area contributed by atoms with E-state index in [4.69, 9.17) is 14.9 Å². The Kier molecular flexibility index (Phi) is 6.21. The van der Waals surface area contributed by atoms with Crippen molar-refractivity contribution in [2.24, 2.45) is 0 Å². The summed E-state index contributed by atoms with van der Waals surface area (Å²) in [5.41, 5.74) is 0. The van der Waals surface area contributed by atoms with Crippen molar-refractivity contribution >= 4 is 26.0 Å². The van der Waals surface area contributed by atoms with Crippen molar-refractivity contribution in [3.8, 4) is 5.75 Å². The van der Waals surface area contributed by atoms with E-state index >= 15 is 0 Å². The van der Waals surface area contributed by atoms with E-state index in [1.54, 1.807) is 0 Å². The van der Waals surface area contributed by atoms with Gasteiger partial charge in [-0.2, -0.15) is 4.31 Å². The van der Waals surface area contributed by atoms with Crippen molar-refractivity contribution < 1.29 is 23.4 Å². The lowest BCUT2D eigenvalue weighted by Gasteiger charge is -2.20. The zero-order valence-corrected chi connectivity index (χ0v) is 12.8. The maximum atomic E-state index is 12.3. The molecule has 1 aromatic rings. The molecule has 0 radical (unpaired) electrons. The normalized spacial score (nSPS) is 11.8. The molecule has 0 saturated carbocycles. The van der Waals surface area contributed by atoms with Crippen molar-refractivity contribution in [3.63, 3.8) is 0 Å². The lowest BCUT2D eigenvalue weighted by Crippen LogP contribution is -2.35. The van der Waals surface area contributed by atoms with Gasteiger partial charge in [-0.3, -0.25) is 0 Å². The molecule has 6 nitrogen and oxygen atoms in total. The van der Waals surface area contributed by atoms with Gasteiger partial charge in [0.25, 0.3) is 0 Å². The summed E-state index contributed by atoms with van der Waals surface area (Å²) in [6, 6.07) is 4.38. The second kappa shape index (κ2) is 7.20. The van der Waals surface area contributed by atoms with Gasteiger partial charge in [0, 0.05) is 13.1 Å². The third kappa shape index (κ3) is 3.90. The van der Waals surface area contributed by atoms with Crippen LogP contribution < -0.4 is 4.74 Å². The van der Waals surface area contributed by atoms with E-state index in [0.717, 1.165) is 4.31 Å². The number of aliphatic hydroxyl groups is 2. The standard InChI is InChI=1S/C11H16BrNO5S/c1-18-11-3-2-9(8-10(11)12)19(16,17)13(4-6-14)5-7-15/h2-3,8,14-15H,4-7H2,1H3. The highest BCUT2D eigenvalue weighted by Gasteiger charge is 2.24. The van der Waals surface area contributed by atoms with Gasteiger partial charge >= 0.3 is 0 Å². The van der Waals surface area contributed by atoms with E-state index in [1.807, 2.05) is 0 Å². The molecule has 0 saturated heterocycles. The van der Waals surface area contributed by atoms with Crippen LogP contribution in [0.2, 0.25) is 0 Å². The summed E-state index contributed by atoms with van der Waals surface area (Å²) in [4.78, 5) is 0.0714. The average molecular weight is 354 g/mol. The molecule has 0 fully saturated rings. The van der Waals surface area contributed by atoms with Crippen molar-refractivity contribution in [3.05, 3.63) is 22.7 Å². The predicted molar refractivity (Wildman–Crippen MR) is 73.6 cm³/mol.